The molecule has 0 radical (unpaired) electrons. The Labute approximate surface area is 204 Å². The molecule has 0 atom stereocenters. The number of hydrogen-bond donors (Lipinski definition) is 0. The standard InChI is InChI=1S/C24H22Br2N2O3S/c1-14(2)31-21-7-5-6-19-24(21)23-16(4)18(12-22(25)26)27-13-20(23)28(19)32(29,30)17-10-8-15(3)9-11-17/h5-14H,1-4H3. The van der Waals surface area contributed by atoms with Gasteiger partial charge in [0.2, 0.25) is 0 Å². The Bertz CT molecular complexity index is 1470. The van der Waals surface area contributed by atoms with Gasteiger partial charge in [-0.15, -0.1) is 0 Å². The van der Waals surface area contributed by atoms with Crippen molar-refractivity contribution in [1.82, 2.24) is 8.96 Å². The maximum absolute atomic E-state index is 13.8. The normalized spacial score (nSPS) is 12.0. The van der Waals surface area contributed by atoms with E-state index < -0.39 is 10.0 Å². The highest BCUT2D eigenvalue weighted by molar-refractivity contribution is 9.28. The Balaban J connectivity index is 2.17. The summed E-state index contributed by atoms with van der Waals surface area (Å²) in [5.41, 5.74) is 3.66. The summed E-state index contributed by atoms with van der Waals surface area (Å²) < 4.78 is 35.8. The van der Waals surface area contributed by atoms with Crippen LogP contribution in [0, 0.1) is 13.8 Å². The quantitative estimate of drug-likeness (QED) is 0.258. The molecule has 2 heterocycles. The van der Waals surface area contributed by atoms with Crippen LogP contribution in [0.4, 0.5) is 0 Å². The van der Waals surface area contributed by atoms with E-state index >= 15 is 0 Å². The number of hydrogen-bond acceptors (Lipinski definition) is 4. The first-order valence-electron chi connectivity index (χ1n) is 10.1. The molecule has 4 aromatic rings. The van der Waals surface area contributed by atoms with Gasteiger partial charge in [-0.1, -0.05) is 23.8 Å². The summed E-state index contributed by atoms with van der Waals surface area (Å²) >= 11 is 6.78. The van der Waals surface area contributed by atoms with Gasteiger partial charge in [0.15, 0.2) is 0 Å². The van der Waals surface area contributed by atoms with Gasteiger partial charge in [-0.2, -0.15) is 0 Å². The van der Waals surface area contributed by atoms with Crippen LogP contribution in [0.2, 0.25) is 0 Å². The van der Waals surface area contributed by atoms with Crippen molar-refractivity contribution in [3.05, 3.63) is 68.9 Å². The van der Waals surface area contributed by atoms with E-state index in [0.29, 0.717) is 16.8 Å². The predicted octanol–water partition coefficient (Wildman–Crippen LogP) is 6.92. The van der Waals surface area contributed by atoms with Gasteiger partial charge in [-0.05, 0) is 95.5 Å². The van der Waals surface area contributed by atoms with Crippen LogP contribution in [0.5, 0.6) is 5.75 Å². The molecular formula is C24H22Br2N2O3S. The van der Waals surface area contributed by atoms with Crippen LogP contribution < -0.4 is 4.74 Å². The molecule has 0 amide bonds. The van der Waals surface area contributed by atoms with Crippen molar-refractivity contribution in [3.63, 3.8) is 0 Å². The third kappa shape index (κ3) is 4.00. The smallest absolute Gasteiger partial charge is 0.268 e. The van der Waals surface area contributed by atoms with Crippen LogP contribution in [0.3, 0.4) is 0 Å². The first-order valence-corrected chi connectivity index (χ1v) is 13.1. The Morgan fingerprint density at radius 2 is 1.72 bits per heavy atom. The van der Waals surface area contributed by atoms with E-state index in [2.05, 4.69) is 36.8 Å². The van der Waals surface area contributed by atoms with E-state index in [1.54, 1.807) is 30.5 Å². The van der Waals surface area contributed by atoms with Gasteiger partial charge in [0, 0.05) is 5.39 Å². The number of aromatic nitrogens is 2. The monoisotopic (exact) mass is 576 g/mol. The van der Waals surface area contributed by atoms with Crippen molar-refractivity contribution in [2.75, 3.05) is 0 Å². The second-order valence-electron chi connectivity index (χ2n) is 7.86. The average molecular weight is 578 g/mol. The van der Waals surface area contributed by atoms with Crippen molar-refractivity contribution in [2.45, 2.75) is 38.7 Å². The average Bonchev–Trinajstić information content (AvgIpc) is 3.06. The third-order valence-corrected chi connectivity index (χ3v) is 7.40. The predicted molar refractivity (Wildman–Crippen MR) is 137 cm³/mol. The molecular weight excluding hydrogens is 556 g/mol. The van der Waals surface area contributed by atoms with E-state index in [1.807, 2.05) is 52.0 Å². The van der Waals surface area contributed by atoms with E-state index in [4.69, 9.17) is 4.74 Å². The zero-order valence-corrected chi connectivity index (χ0v) is 22.0. The first kappa shape index (κ1) is 23.0. The Hall–Kier alpha value is -2.16. The van der Waals surface area contributed by atoms with Crippen molar-refractivity contribution >= 4 is 69.8 Å². The van der Waals surface area contributed by atoms with Crippen molar-refractivity contribution < 1.29 is 13.2 Å². The summed E-state index contributed by atoms with van der Waals surface area (Å²) in [4.78, 5) is 4.78. The molecule has 0 spiro atoms. The summed E-state index contributed by atoms with van der Waals surface area (Å²) in [6.45, 7) is 7.77. The van der Waals surface area contributed by atoms with Crippen LogP contribution in [0.25, 0.3) is 27.9 Å². The topological polar surface area (TPSA) is 61.2 Å². The fourth-order valence-electron chi connectivity index (χ4n) is 3.83. The van der Waals surface area contributed by atoms with Crippen LogP contribution in [-0.2, 0) is 10.0 Å². The summed E-state index contributed by atoms with van der Waals surface area (Å²) in [6, 6.07) is 12.4. The van der Waals surface area contributed by atoms with Gasteiger partial charge < -0.3 is 4.74 Å². The first-order chi connectivity index (χ1) is 15.1. The Morgan fingerprint density at radius 1 is 1.03 bits per heavy atom. The van der Waals surface area contributed by atoms with Crippen molar-refractivity contribution in [2.24, 2.45) is 0 Å². The molecule has 8 heteroatoms. The number of rotatable bonds is 5. The molecule has 0 saturated heterocycles. The maximum atomic E-state index is 13.8. The largest absolute Gasteiger partial charge is 0.490 e. The number of benzene rings is 2. The minimum Gasteiger partial charge on any atom is -0.490 e. The molecule has 2 aromatic carbocycles. The zero-order valence-electron chi connectivity index (χ0n) is 18.1. The van der Waals surface area contributed by atoms with Gasteiger partial charge in [0.1, 0.15) is 5.75 Å². The molecule has 0 fully saturated rings. The zero-order chi connectivity index (χ0) is 23.2. The maximum Gasteiger partial charge on any atom is 0.268 e. The lowest BCUT2D eigenvalue weighted by atomic mass is 10.1. The molecule has 4 rings (SSSR count). The Morgan fingerprint density at radius 3 is 2.34 bits per heavy atom. The fraction of sp³-hybridized carbons (Fsp3) is 0.208. The van der Waals surface area contributed by atoms with Crippen LogP contribution in [0.1, 0.15) is 30.7 Å². The lowest BCUT2D eigenvalue weighted by molar-refractivity contribution is 0.245. The van der Waals surface area contributed by atoms with E-state index in [-0.39, 0.29) is 11.0 Å². The molecule has 0 bridgehead atoms. The molecule has 0 aliphatic carbocycles. The highest BCUT2D eigenvalue weighted by atomic mass is 79.9. The lowest BCUT2D eigenvalue weighted by Gasteiger charge is -2.12. The summed E-state index contributed by atoms with van der Waals surface area (Å²) in [7, 11) is -3.88. The third-order valence-electron chi connectivity index (χ3n) is 5.20. The highest BCUT2D eigenvalue weighted by Gasteiger charge is 2.27. The van der Waals surface area contributed by atoms with Gasteiger partial charge in [-0.25, -0.2) is 12.4 Å². The summed E-state index contributed by atoms with van der Waals surface area (Å²) in [5.74, 6) is 0.641. The van der Waals surface area contributed by atoms with Gasteiger partial charge >= 0.3 is 0 Å². The fourth-order valence-corrected chi connectivity index (χ4v) is 5.76. The summed E-state index contributed by atoms with van der Waals surface area (Å²) in [6.07, 6.45) is 3.39. The SMILES string of the molecule is Cc1ccc(S(=O)(=O)n2c3cccc(OC(C)C)c3c3c(C)c(C=C(Br)Br)ncc32)cc1. The minimum absolute atomic E-state index is 0.0640. The number of ether oxygens (including phenoxy) is 1. The minimum atomic E-state index is -3.88. The van der Waals surface area contributed by atoms with Crippen molar-refractivity contribution in [1.29, 1.82) is 0 Å². The molecule has 2 aromatic heterocycles. The number of pyridine rings is 1. The van der Waals surface area contributed by atoms with Gasteiger partial charge in [-0.3, -0.25) is 4.98 Å². The molecule has 0 aliphatic rings. The van der Waals surface area contributed by atoms with E-state index in [0.717, 1.165) is 31.0 Å². The second kappa shape index (κ2) is 8.65. The number of nitrogens with zero attached hydrogens (tertiary/aromatic N) is 2. The molecule has 0 saturated carbocycles. The summed E-state index contributed by atoms with van der Waals surface area (Å²) in [5, 5.41) is 1.56. The number of halogens is 2. The molecule has 0 unspecified atom stereocenters. The molecule has 166 valence electrons. The molecule has 0 N–H and O–H groups in total. The second-order valence-corrected chi connectivity index (χ2v) is 12.4. The molecule has 0 aliphatic heterocycles. The molecule has 32 heavy (non-hydrogen) atoms. The highest BCUT2D eigenvalue weighted by Crippen LogP contribution is 2.40. The van der Waals surface area contributed by atoms with E-state index in [9.17, 15) is 8.42 Å². The molecule has 5 nitrogen and oxygen atoms in total. The van der Waals surface area contributed by atoms with Crippen LogP contribution >= 0.6 is 31.9 Å². The van der Waals surface area contributed by atoms with Gasteiger partial charge in [0.05, 0.1) is 42.7 Å². The Kier molecular flexibility index (Phi) is 6.22. The van der Waals surface area contributed by atoms with Crippen LogP contribution in [-0.4, -0.2) is 23.5 Å². The van der Waals surface area contributed by atoms with E-state index in [1.165, 1.54) is 3.97 Å². The number of fused-ring (bicyclic) bond motifs is 3. The number of aryl methyl sites for hydroxylation is 2. The lowest BCUT2D eigenvalue weighted by Crippen LogP contribution is -2.13. The van der Waals surface area contributed by atoms with Gasteiger partial charge in [0.25, 0.3) is 10.0 Å². The van der Waals surface area contributed by atoms with Crippen molar-refractivity contribution in [3.8, 4) is 5.75 Å². The van der Waals surface area contributed by atoms with Crippen LogP contribution in [0.15, 0.2) is 56.9 Å².